The van der Waals surface area contributed by atoms with Crippen LogP contribution in [-0.4, -0.2) is 29.3 Å². The van der Waals surface area contributed by atoms with Gasteiger partial charge >= 0.3 is 0 Å². The van der Waals surface area contributed by atoms with Gasteiger partial charge in [-0.3, -0.25) is 9.69 Å². The zero-order valence-electron chi connectivity index (χ0n) is 12.8. The van der Waals surface area contributed by atoms with Crippen LogP contribution >= 0.6 is 0 Å². The number of halogens is 2. The molecule has 0 aliphatic heterocycles. The molecule has 2 rings (SSSR count). The summed E-state index contributed by atoms with van der Waals surface area (Å²) in [5.74, 6) is -0.979. The van der Waals surface area contributed by atoms with Crippen LogP contribution in [0.4, 0.5) is 8.78 Å². The molecule has 0 spiro atoms. The summed E-state index contributed by atoms with van der Waals surface area (Å²) in [4.78, 5) is 15.0. The molecule has 1 aliphatic rings. The Bertz CT molecular complexity index is 506. The molecule has 2 nitrogen and oxygen atoms in total. The largest absolute Gasteiger partial charge is 0.297 e. The SMILES string of the molecule is CCN(CC)C1(C(=O)Cc2cc(F)ccc2F)CCCC1. The fraction of sp³-hybridized carbons (Fsp3) is 0.588. The summed E-state index contributed by atoms with van der Waals surface area (Å²) < 4.78 is 27.0. The fourth-order valence-corrected chi connectivity index (χ4v) is 3.58. The van der Waals surface area contributed by atoms with Crippen molar-refractivity contribution in [2.45, 2.75) is 51.5 Å². The molecule has 0 saturated heterocycles. The number of likely N-dealkylation sites (N-methyl/N-ethyl adjacent to an activating group) is 1. The van der Waals surface area contributed by atoms with Crippen molar-refractivity contribution in [3.8, 4) is 0 Å². The summed E-state index contributed by atoms with van der Waals surface area (Å²) in [7, 11) is 0. The second-order valence-corrected chi connectivity index (χ2v) is 5.75. The lowest BCUT2D eigenvalue weighted by Gasteiger charge is -2.39. The van der Waals surface area contributed by atoms with Gasteiger partial charge in [-0.2, -0.15) is 0 Å². The molecule has 1 saturated carbocycles. The van der Waals surface area contributed by atoms with Crippen LogP contribution in [0.2, 0.25) is 0 Å². The average molecular weight is 295 g/mol. The summed E-state index contributed by atoms with van der Waals surface area (Å²) in [6.07, 6.45) is 3.66. The number of carbonyl (C=O) groups is 1. The predicted octanol–water partition coefficient (Wildman–Crippen LogP) is 3.73. The van der Waals surface area contributed by atoms with E-state index >= 15 is 0 Å². The van der Waals surface area contributed by atoms with Crippen molar-refractivity contribution in [3.63, 3.8) is 0 Å². The molecule has 1 aliphatic carbocycles. The number of hydrogen-bond acceptors (Lipinski definition) is 2. The molecule has 21 heavy (non-hydrogen) atoms. The van der Waals surface area contributed by atoms with Crippen molar-refractivity contribution >= 4 is 5.78 Å². The van der Waals surface area contributed by atoms with Crippen LogP contribution in [0.1, 0.15) is 45.1 Å². The summed E-state index contributed by atoms with van der Waals surface area (Å²) in [6, 6.07) is 3.31. The van der Waals surface area contributed by atoms with Crippen LogP contribution in [0.15, 0.2) is 18.2 Å². The highest BCUT2D eigenvalue weighted by Crippen LogP contribution is 2.37. The Labute approximate surface area is 125 Å². The molecule has 1 aromatic carbocycles. The van der Waals surface area contributed by atoms with Crippen molar-refractivity contribution in [1.82, 2.24) is 4.90 Å². The maximum atomic E-state index is 13.8. The second kappa shape index (κ2) is 6.65. The van der Waals surface area contributed by atoms with Crippen LogP contribution in [0.25, 0.3) is 0 Å². The molecule has 1 fully saturated rings. The standard InChI is InChI=1S/C17H23F2NO/c1-3-20(4-2)17(9-5-6-10-17)16(21)12-13-11-14(18)7-8-15(13)19/h7-8,11H,3-6,9-10,12H2,1-2H3. The number of rotatable bonds is 6. The lowest BCUT2D eigenvalue weighted by molar-refractivity contribution is -0.130. The summed E-state index contributed by atoms with van der Waals surface area (Å²) in [5.41, 5.74) is -0.319. The van der Waals surface area contributed by atoms with Crippen molar-refractivity contribution < 1.29 is 13.6 Å². The number of Topliss-reactive ketones (excluding diaryl/α,β-unsaturated/α-hetero) is 1. The Morgan fingerprint density at radius 3 is 2.38 bits per heavy atom. The topological polar surface area (TPSA) is 20.3 Å². The van der Waals surface area contributed by atoms with Crippen molar-refractivity contribution in [3.05, 3.63) is 35.4 Å². The fourth-order valence-electron chi connectivity index (χ4n) is 3.58. The van der Waals surface area contributed by atoms with E-state index in [1.807, 2.05) is 13.8 Å². The van der Waals surface area contributed by atoms with Gasteiger partial charge in [0.05, 0.1) is 5.54 Å². The molecule has 1 aromatic rings. The molecule has 0 atom stereocenters. The minimum Gasteiger partial charge on any atom is -0.297 e. The van der Waals surface area contributed by atoms with Gasteiger partial charge in [-0.25, -0.2) is 8.78 Å². The zero-order chi connectivity index (χ0) is 15.5. The monoisotopic (exact) mass is 295 g/mol. The first kappa shape index (κ1) is 16.1. The minimum absolute atomic E-state index is 0.0215. The molecular weight excluding hydrogens is 272 g/mol. The molecule has 0 unspecified atom stereocenters. The zero-order valence-corrected chi connectivity index (χ0v) is 12.8. The average Bonchev–Trinajstić information content (AvgIpc) is 2.95. The van der Waals surface area contributed by atoms with Crippen LogP contribution in [0, 0.1) is 11.6 Å². The lowest BCUT2D eigenvalue weighted by atomic mass is 9.86. The Kier molecular flexibility index (Phi) is 5.09. The van der Waals surface area contributed by atoms with E-state index < -0.39 is 17.2 Å². The normalized spacial score (nSPS) is 17.4. The smallest absolute Gasteiger partial charge is 0.157 e. The van der Waals surface area contributed by atoms with Crippen molar-refractivity contribution in [2.24, 2.45) is 0 Å². The van der Waals surface area contributed by atoms with Crippen molar-refractivity contribution in [1.29, 1.82) is 0 Å². The first-order chi connectivity index (χ1) is 10.0. The Morgan fingerprint density at radius 2 is 1.81 bits per heavy atom. The van der Waals surface area contributed by atoms with Crippen molar-refractivity contribution in [2.75, 3.05) is 13.1 Å². The van der Waals surface area contributed by atoms with Gasteiger partial charge < -0.3 is 0 Å². The van der Waals surface area contributed by atoms with E-state index in [9.17, 15) is 13.6 Å². The third kappa shape index (κ3) is 3.15. The van der Waals surface area contributed by atoms with Gasteiger partial charge in [-0.05, 0) is 49.7 Å². The lowest BCUT2D eigenvalue weighted by Crippen LogP contribution is -2.53. The quantitative estimate of drug-likeness (QED) is 0.797. The minimum atomic E-state index is -0.502. The van der Waals surface area contributed by atoms with E-state index in [1.165, 1.54) is 0 Å². The highest BCUT2D eigenvalue weighted by Gasteiger charge is 2.44. The van der Waals surface area contributed by atoms with Crippen LogP contribution < -0.4 is 0 Å². The molecule has 0 bridgehead atoms. The van der Waals surface area contributed by atoms with Gasteiger partial charge in [0.2, 0.25) is 0 Å². The van der Waals surface area contributed by atoms with E-state index in [-0.39, 0.29) is 17.8 Å². The van der Waals surface area contributed by atoms with Crippen LogP contribution in [-0.2, 0) is 11.2 Å². The number of ketones is 1. The van der Waals surface area contributed by atoms with E-state index in [1.54, 1.807) is 0 Å². The maximum absolute atomic E-state index is 13.8. The first-order valence-corrected chi connectivity index (χ1v) is 7.75. The molecule has 0 amide bonds. The third-order valence-electron chi connectivity index (χ3n) is 4.68. The second-order valence-electron chi connectivity index (χ2n) is 5.75. The Hall–Kier alpha value is -1.29. The summed E-state index contributed by atoms with van der Waals surface area (Å²) in [5, 5.41) is 0. The Balaban J connectivity index is 2.25. The molecule has 116 valence electrons. The van der Waals surface area contributed by atoms with Gasteiger partial charge in [0.25, 0.3) is 0 Å². The first-order valence-electron chi connectivity index (χ1n) is 7.75. The highest BCUT2D eigenvalue weighted by molar-refractivity contribution is 5.90. The summed E-state index contributed by atoms with van der Waals surface area (Å²) in [6.45, 7) is 5.68. The molecule has 0 heterocycles. The van der Waals surface area contributed by atoms with E-state index in [4.69, 9.17) is 0 Å². The number of nitrogens with zero attached hydrogens (tertiary/aromatic N) is 1. The number of hydrogen-bond donors (Lipinski definition) is 0. The highest BCUT2D eigenvalue weighted by atomic mass is 19.1. The van der Waals surface area contributed by atoms with Crippen LogP contribution in [0.3, 0.4) is 0 Å². The van der Waals surface area contributed by atoms with Crippen LogP contribution in [0.5, 0.6) is 0 Å². The summed E-state index contributed by atoms with van der Waals surface area (Å²) >= 11 is 0. The molecule has 4 heteroatoms. The van der Waals surface area contributed by atoms with E-state index in [0.717, 1.165) is 57.0 Å². The van der Waals surface area contributed by atoms with Gasteiger partial charge in [0.1, 0.15) is 11.6 Å². The third-order valence-corrected chi connectivity index (χ3v) is 4.68. The van der Waals surface area contributed by atoms with Gasteiger partial charge in [-0.1, -0.05) is 26.7 Å². The molecule has 0 aromatic heterocycles. The van der Waals surface area contributed by atoms with Gasteiger partial charge in [0, 0.05) is 6.42 Å². The number of benzene rings is 1. The van der Waals surface area contributed by atoms with Gasteiger partial charge in [0.15, 0.2) is 5.78 Å². The van der Waals surface area contributed by atoms with E-state index in [0.29, 0.717) is 0 Å². The number of carbonyl (C=O) groups excluding carboxylic acids is 1. The van der Waals surface area contributed by atoms with E-state index in [2.05, 4.69) is 4.90 Å². The maximum Gasteiger partial charge on any atom is 0.157 e. The Morgan fingerprint density at radius 1 is 1.19 bits per heavy atom. The van der Waals surface area contributed by atoms with Gasteiger partial charge in [-0.15, -0.1) is 0 Å². The molecule has 0 N–H and O–H groups in total. The predicted molar refractivity (Wildman–Crippen MR) is 79.2 cm³/mol. The molecule has 0 radical (unpaired) electrons. The molecular formula is C17H23F2NO.